The third-order valence-corrected chi connectivity index (χ3v) is 4.67. The summed E-state index contributed by atoms with van der Waals surface area (Å²) < 4.78 is 0. The van der Waals surface area contributed by atoms with Gasteiger partial charge in [-0.15, -0.1) is 0 Å². The van der Waals surface area contributed by atoms with Gasteiger partial charge in [-0.1, -0.05) is 24.3 Å². The number of nitrogens with zero attached hydrogens (tertiary/aromatic N) is 2. The lowest BCUT2D eigenvalue weighted by molar-refractivity contribution is 0.306. The van der Waals surface area contributed by atoms with Crippen LogP contribution in [0.1, 0.15) is 11.1 Å². The van der Waals surface area contributed by atoms with Gasteiger partial charge in [0, 0.05) is 38.4 Å². The molecule has 0 bridgehead atoms. The summed E-state index contributed by atoms with van der Waals surface area (Å²) in [4.78, 5) is 7.00. The largest absolute Gasteiger partial charge is 0.367 e. The second-order valence-electron chi connectivity index (χ2n) is 6.19. The molecule has 0 saturated carbocycles. The van der Waals surface area contributed by atoms with Crippen LogP contribution < -0.4 is 16.0 Å². The van der Waals surface area contributed by atoms with Crippen molar-refractivity contribution in [3.63, 3.8) is 0 Å². The highest BCUT2D eigenvalue weighted by molar-refractivity contribution is 5.78. The molecule has 22 heavy (non-hydrogen) atoms. The van der Waals surface area contributed by atoms with Crippen LogP contribution in [0.15, 0.2) is 41.2 Å². The molecular weight excluding hydrogens is 274 g/mol. The highest BCUT2D eigenvalue weighted by Crippen LogP contribution is 2.22. The minimum absolute atomic E-state index is 0.00835. The van der Waals surface area contributed by atoms with E-state index in [2.05, 4.69) is 56.3 Å². The molecule has 2 aliphatic heterocycles. The number of benzene rings is 1. The monoisotopic (exact) mass is 297 g/mol. The van der Waals surface area contributed by atoms with Gasteiger partial charge >= 0.3 is 0 Å². The van der Waals surface area contributed by atoms with Crippen LogP contribution >= 0.6 is 0 Å². The van der Waals surface area contributed by atoms with Gasteiger partial charge in [-0.05, 0) is 24.0 Å². The van der Waals surface area contributed by atoms with E-state index in [9.17, 15) is 0 Å². The van der Waals surface area contributed by atoms with E-state index in [1.807, 2.05) is 6.21 Å². The number of hydrogen-bond donors (Lipinski definition) is 3. The van der Waals surface area contributed by atoms with E-state index >= 15 is 0 Å². The van der Waals surface area contributed by atoms with Crippen molar-refractivity contribution < 1.29 is 0 Å². The van der Waals surface area contributed by atoms with Gasteiger partial charge in [0.05, 0.1) is 11.9 Å². The Kier molecular flexibility index (Phi) is 3.83. The van der Waals surface area contributed by atoms with Gasteiger partial charge in [-0.25, -0.2) is 0 Å². The molecule has 1 aromatic carbocycles. The summed E-state index contributed by atoms with van der Waals surface area (Å²) in [5, 5.41) is 10.4. The Hall–Kier alpha value is -1.85. The molecule has 0 amide bonds. The van der Waals surface area contributed by atoms with Crippen LogP contribution in [0.5, 0.6) is 0 Å². The highest BCUT2D eigenvalue weighted by Gasteiger charge is 2.24. The van der Waals surface area contributed by atoms with Crippen LogP contribution in [0.3, 0.4) is 0 Å². The van der Waals surface area contributed by atoms with Crippen molar-refractivity contribution >= 4 is 6.21 Å². The standard InChI is InChI=1S/C17H23N5/c1-2-4-14-10-15(9-13(14)3-1)21-17-19-11-16(12-20-17)22-7-5-18-6-8-22/h1-4,11-12,15,17-19,21H,5-10H2. The summed E-state index contributed by atoms with van der Waals surface area (Å²) in [7, 11) is 0. The van der Waals surface area contributed by atoms with Gasteiger partial charge in [-0.2, -0.15) is 0 Å². The summed E-state index contributed by atoms with van der Waals surface area (Å²) in [6, 6.07) is 9.19. The Bertz CT molecular complexity index is 563. The zero-order valence-corrected chi connectivity index (χ0v) is 12.8. The lowest BCUT2D eigenvalue weighted by Crippen LogP contribution is -2.48. The Balaban J connectivity index is 1.32. The van der Waals surface area contributed by atoms with Crippen molar-refractivity contribution in [3.05, 3.63) is 47.3 Å². The summed E-state index contributed by atoms with van der Waals surface area (Å²) in [6.45, 7) is 4.20. The first-order valence-electron chi connectivity index (χ1n) is 8.16. The molecular formula is C17H23N5. The summed E-state index contributed by atoms with van der Waals surface area (Å²) >= 11 is 0. The van der Waals surface area contributed by atoms with Crippen LogP contribution in [-0.2, 0) is 12.8 Å². The third-order valence-electron chi connectivity index (χ3n) is 4.67. The summed E-state index contributed by atoms with van der Waals surface area (Å²) in [6.07, 6.45) is 6.28. The molecule has 1 aliphatic carbocycles. The minimum Gasteiger partial charge on any atom is -0.367 e. The van der Waals surface area contributed by atoms with Gasteiger partial charge in [0.25, 0.3) is 0 Å². The maximum absolute atomic E-state index is 4.63. The fourth-order valence-corrected chi connectivity index (χ4v) is 3.48. The average molecular weight is 297 g/mol. The Labute approximate surface area is 131 Å². The molecule has 1 atom stereocenters. The molecule has 4 rings (SSSR count). The number of nitrogens with one attached hydrogen (secondary N) is 3. The number of aliphatic imine (C=N–C) groups is 1. The maximum Gasteiger partial charge on any atom is 0.173 e. The number of allylic oxidation sites excluding steroid dienone is 1. The van der Waals surface area contributed by atoms with Crippen LogP contribution in [0.2, 0.25) is 0 Å². The lowest BCUT2D eigenvalue weighted by Gasteiger charge is -2.32. The zero-order chi connectivity index (χ0) is 14.8. The van der Waals surface area contributed by atoms with E-state index in [-0.39, 0.29) is 6.29 Å². The van der Waals surface area contributed by atoms with Crippen molar-refractivity contribution in [2.45, 2.75) is 25.2 Å². The van der Waals surface area contributed by atoms with Crippen molar-refractivity contribution in [1.29, 1.82) is 0 Å². The van der Waals surface area contributed by atoms with Gasteiger partial charge in [0.2, 0.25) is 0 Å². The predicted molar refractivity (Wildman–Crippen MR) is 88.7 cm³/mol. The van der Waals surface area contributed by atoms with Crippen molar-refractivity contribution in [3.8, 4) is 0 Å². The molecule has 1 aromatic rings. The van der Waals surface area contributed by atoms with Crippen molar-refractivity contribution in [2.24, 2.45) is 4.99 Å². The lowest BCUT2D eigenvalue weighted by atomic mass is 10.1. The molecule has 116 valence electrons. The molecule has 3 N–H and O–H groups in total. The highest BCUT2D eigenvalue weighted by atomic mass is 15.3. The molecule has 5 heteroatoms. The zero-order valence-electron chi connectivity index (χ0n) is 12.8. The molecule has 2 heterocycles. The topological polar surface area (TPSA) is 51.7 Å². The Morgan fingerprint density at radius 3 is 2.45 bits per heavy atom. The number of piperazine rings is 1. The van der Waals surface area contributed by atoms with Crippen molar-refractivity contribution in [2.75, 3.05) is 26.2 Å². The SMILES string of the molecule is C1=NC(NC2Cc3ccccc3C2)NC=C1N1CCNCC1. The maximum atomic E-state index is 4.63. The molecule has 0 aromatic heterocycles. The fourth-order valence-electron chi connectivity index (χ4n) is 3.48. The summed E-state index contributed by atoms with van der Waals surface area (Å²) in [5.41, 5.74) is 4.13. The van der Waals surface area contributed by atoms with Crippen LogP contribution in [-0.4, -0.2) is 49.6 Å². The first kappa shape index (κ1) is 13.8. The molecule has 1 fully saturated rings. The minimum atomic E-state index is -0.00835. The smallest absolute Gasteiger partial charge is 0.173 e. The quantitative estimate of drug-likeness (QED) is 0.758. The second kappa shape index (κ2) is 6.10. The molecule has 3 aliphatic rings. The van der Waals surface area contributed by atoms with Crippen molar-refractivity contribution in [1.82, 2.24) is 20.9 Å². The van der Waals surface area contributed by atoms with E-state index in [0.29, 0.717) is 6.04 Å². The fraction of sp³-hybridized carbons (Fsp3) is 0.471. The van der Waals surface area contributed by atoms with Gasteiger partial charge < -0.3 is 15.5 Å². The normalized spacial score (nSPS) is 24.8. The number of fused-ring (bicyclic) bond motifs is 1. The molecule has 1 unspecified atom stereocenters. The number of rotatable bonds is 3. The van der Waals surface area contributed by atoms with Crippen LogP contribution in [0, 0.1) is 0 Å². The molecule has 1 saturated heterocycles. The first-order valence-corrected chi connectivity index (χ1v) is 8.16. The van der Waals surface area contributed by atoms with Crippen LogP contribution in [0.4, 0.5) is 0 Å². The van der Waals surface area contributed by atoms with E-state index in [4.69, 9.17) is 0 Å². The third kappa shape index (κ3) is 2.87. The number of hydrogen-bond acceptors (Lipinski definition) is 5. The molecule has 0 spiro atoms. The molecule has 0 radical (unpaired) electrons. The Morgan fingerprint density at radius 1 is 1.09 bits per heavy atom. The van der Waals surface area contributed by atoms with E-state index in [0.717, 1.165) is 39.0 Å². The Morgan fingerprint density at radius 2 is 1.82 bits per heavy atom. The van der Waals surface area contributed by atoms with Gasteiger partial charge in [-0.3, -0.25) is 10.3 Å². The molecule has 5 nitrogen and oxygen atoms in total. The average Bonchev–Trinajstić information content (AvgIpc) is 2.98. The van der Waals surface area contributed by atoms with Gasteiger partial charge in [0.15, 0.2) is 6.29 Å². The van der Waals surface area contributed by atoms with E-state index in [1.54, 1.807) is 0 Å². The van der Waals surface area contributed by atoms with Gasteiger partial charge in [0.1, 0.15) is 0 Å². The first-order chi connectivity index (χ1) is 10.9. The predicted octanol–water partition coefficient (Wildman–Crippen LogP) is 0.448. The van der Waals surface area contributed by atoms with Crippen LogP contribution in [0.25, 0.3) is 0 Å². The van der Waals surface area contributed by atoms with E-state index < -0.39 is 0 Å². The van der Waals surface area contributed by atoms with E-state index in [1.165, 1.54) is 16.8 Å². The summed E-state index contributed by atoms with van der Waals surface area (Å²) in [5.74, 6) is 0. The second-order valence-corrected chi connectivity index (χ2v) is 6.19.